The Bertz CT molecular complexity index is 671. The number of nitrogens with one attached hydrogen (secondary N) is 1. The third kappa shape index (κ3) is 2.48. The quantitative estimate of drug-likeness (QED) is 0.760. The average molecular weight is 273 g/mol. The summed E-state index contributed by atoms with van der Waals surface area (Å²) in [5.74, 6) is 2.81. The second-order valence-corrected chi connectivity index (χ2v) is 4.46. The van der Waals surface area contributed by atoms with Gasteiger partial charge in [-0.25, -0.2) is 4.98 Å². The van der Waals surface area contributed by atoms with E-state index in [4.69, 9.17) is 8.94 Å². The highest BCUT2D eigenvalue weighted by molar-refractivity contribution is 5.15. The first-order valence-electron chi connectivity index (χ1n) is 6.27. The zero-order valence-corrected chi connectivity index (χ0v) is 11.3. The number of hydrogen-bond acceptors (Lipinski definition) is 6. The van der Waals surface area contributed by atoms with Gasteiger partial charge in [0.2, 0.25) is 5.89 Å². The monoisotopic (exact) mass is 273 g/mol. The van der Waals surface area contributed by atoms with Crippen LogP contribution in [0.25, 0.3) is 0 Å². The van der Waals surface area contributed by atoms with Gasteiger partial charge in [-0.05, 0) is 12.1 Å². The molecule has 1 atom stereocenters. The number of imidazole rings is 1. The van der Waals surface area contributed by atoms with E-state index in [1.807, 2.05) is 29.9 Å². The van der Waals surface area contributed by atoms with Gasteiger partial charge >= 0.3 is 0 Å². The molecule has 1 unspecified atom stereocenters. The van der Waals surface area contributed by atoms with Crippen molar-refractivity contribution in [3.05, 3.63) is 54.1 Å². The Morgan fingerprint density at radius 3 is 2.95 bits per heavy atom. The number of rotatable bonds is 5. The molecule has 1 N–H and O–H groups in total. The second kappa shape index (κ2) is 5.30. The molecule has 0 spiro atoms. The Morgan fingerprint density at radius 1 is 1.45 bits per heavy atom. The van der Waals surface area contributed by atoms with Crippen molar-refractivity contribution in [1.82, 2.24) is 25.0 Å². The standard InChI is InChI=1S/C13H15N5O2/c1-9-16-11(17-20-9)8-15-12(10-4-3-7-19-10)13-14-5-6-18(13)2/h3-7,12,15H,8H2,1-2H3. The molecule has 0 aromatic carbocycles. The Morgan fingerprint density at radius 2 is 2.35 bits per heavy atom. The van der Waals surface area contributed by atoms with Crippen LogP contribution >= 0.6 is 0 Å². The highest BCUT2D eigenvalue weighted by atomic mass is 16.5. The summed E-state index contributed by atoms with van der Waals surface area (Å²) in [7, 11) is 1.94. The lowest BCUT2D eigenvalue weighted by atomic mass is 10.2. The van der Waals surface area contributed by atoms with Crippen LogP contribution in [0.3, 0.4) is 0 Å². The first-order valence-corrected chi connectivity index (χ1v) is 6.27. The van der Waals surface area contributed by atoms with E-state index in [1.54, 1.807) is 19.4 Å². The van der Waals surface area contributed by atoms with E-state index in [-0.39, 0.29) is 6.04 Å². The van der Waals surface area contributed by atoms with Crippen LogP contribution in [0.4, 0.5) is 0 Å². The fourth-order valence-corrected chi connectivity index (χ4v) is 2.04. The normalized spacial score (nSPS) is 12.7. The average Bonchev–Trinajstić information content (AvgIpc) is 3.14. The Hall–Kier alpha value is -2.41. The summed E-state index contributed by atoms with van der Waals surface area (Å²) in [6, 6.07) is 3.60. The van der Waals surface area contributed by atoms with Gasteiger partial charge in [0.05, 0.1) is 12.8 Å². The first kappa shape index (κ1) is 12.6. The van der Waals surface area contributed by atoms with Gasteiger partial charge < -0.3 is 13.5 Å². The first-order chi connectivity index (χ1) is 9.74. The molecule has 0 bridgehead atoms. The van der Waals surface area contributed by atoms with E-state index >= 15 is 0 Å². The maximum Gasteiger partial charge on any atom is 0.223 e. The van der Waals surface area contributed by atoms with Crippen LogP contribution in [0.15, 0.2) is 39.7 Å². The van der Waals surface area contributed by atoms with Crippen molar-refractivity contribution in [2.75, 3.05) is 0 Å². The van der Waals surface area contributed by atoms with Crippen molar-refractivity contribution in [3.63, 3.8) is 0 Å². The van der Waals surface area contributed by atoms with Gasteiger partial charge in [-0.3, -0.25) is 5.32 Å². The summed E-state index contributed by atoms with van der Waals surface area (Å²) in [5, 5.41) is 7.20. The van der Waals surface area contributed by atoms with Gasteiger partial charge in [-0.15, -0.1) is 0 Å². The van der Waals surface area contributed by atoms with Crippen molar-refractivity contribution in [2.24, 2.45) is 7.05 Å². The third-order valence-corrected chi connectivity index (χ3v) is 2.98. The minimum atomic E-state index is -0.163. The van der Waals surface area contributed by atoms with Crippen molar-refractivity contribution < 1.29 is 8.94 Å². The summed E-state index contributed by atoms with van der Waals surface area (Å²) in [6.07, 6.45) is 5.29. The molecule has 0 radical (unpaired) electrons. The van der Waals surface area contributed by atoms with Gasteiger partial charge in [-0.1, -0.05) is 5.16 Å². The van der Waals surface area contributed by atoms with Gasteiger partial charge in [0.25, 0.3) is 0 Å². The van der Waals surface area contributed by atoms with Crippen molar-refractivity contribution in [1.29, 1.82) is 0 Å². The molecule has 3 heterocycles. The molecular formula is C13H15N5O2. The lowest BCUT2D eigenvalue weighted by Crippen LogP contribution is -2.24. The molecule has 3 aromatic rings. The molecule has 3 aromatic heterocycles. The number of nitrogens with zero attached hydrogens (tertiary/aromatic N) is 4. The zero-order chi connectivity index (χ0) is 13.9. The predicted octanol–water partition coefficient (Wildman–Crippen LogP) is 1.58. The molecule has 7 nitrogen and oxygen atoms in total. The Balaban J connectivity index is 1.81. The van der Waals surface area contributed by atoms with E-state index in [0.717, 1.165) is 11.6 Å². The van der Waals surface area contributed by atoms with Crippen LogP contribution in [0, 0.1) is 6.92 Å². The lowest BCUT2D eigenvalue weighted by molar-refractivity contribution is 0.380. The van der Waals surface area contributed by atoms with E-state index in [9.17, 15) is 0 Å². The highest BCUT2D eigenvalue weighted by Crippen LogP contribution is 2.21. The van der Waals surface area contributed by atoms with E-state index in [2.05, 4.69) is 20.4 Å². The van der Waals surface area contributed by atoms with Crippen LogP contribution < -0.4 is 5.32 Å². The predicted molar refractivity (Wildman–Crippen MR) is 69.6 cm³/mol. The molecule has 0 aliphatic carbocycles. The topological polar surface area (TPSA) is 81.9 Å². The Labute approximate surface area is 115 Å². The van der Waals surface area contributed by atoms with Crippen LogP contribution in [-0.2, 0) is 13.6 Å². The van der Waals surface area contributed by atoms with Crippen LogP contribution in [0.1, 0.15) is 29.3 Å². The van der Waals surface area contributed by atoms with Gasteiger partial charge in [-0.2, -0.15) is 4.98 Å². The number of furan rings is 1. The largest absolute Gasteiger partial charge is 0.467 e. The number of aromatic nitrogens is 4. The van der Waals surface area contributed by atoms with E-state index < -0.39 is 0 Å². The lowest BCUT2D eigenvalue weighted by Gasteiger charge is -2.15. The van der Waals surface area contributed by atoms with E-state index in [1.165, 1.54) is 0 Å². The fourth-order valence-electron chi connectivity index (χ4n) is 2.04. The van der Waals surface area contributed by atoms with Crippen LogP contribution in [0.2, 0.25) is 0 Å². The molecule has 7 heteroatoms. The van der Waals surface area contributed by atoms with Gasteiger partial charge in [0.1, 0.15) is 17.6 Å². The number of hydrogen-bond donors (Lipinski definition) is 1. The summed E-state index contributed by atoms with van der Waals surface area (Å²) in [6.45, 7) is 2.23. The molecule has 0 saturated carbocycles. The number of aryl methyl sites for hydroxylation is 2. The molecule has 0 aliphatic heterocycles. The third-order valence-electron chi connectivity index (χ3n) is 2.98. The van der Waals surface area contributed by atoms with Crippen molar-refractivity contribution >= 4 is 0 Å². The maximum absolute atomic E-state index is 5.49. The van der Waals surface area contributed by atoms with Crippen molar-refractivity contribution in [2.45, 2.75) is 19.5 Å². The fraction of sp³-hybridized carbons (Fsp3) is 0.308. The summed E-state index contributed by atoms with van der Waals surface area (Å²) in [5.41, 5.74) is 0. The molecular weight excluding hydrogens is 258 g/mol. The second-order valence-electron chi connectivity index (χ2n) is 4.46. The SMILES string of the molecule is Cc1nc(CNC(c2ccco2)c2nccn2C)no1. The van der Waals surface area contributed by atoms with Crippen LogP contribution in [-0.4, -0.2) is 19.7 Å². The highest BCUT2D eigenvalue weighted by Gasteiger charge is 2.21. The molecule has 20 heavy (non-hydrogen) atoms. The summed E-state index contributed by atoms with van der Waals surface area (Å²) < 4.78 is 12.4. The maximum atomic E-state index is 5.49. The minimum Gasteiger partial charge on any atom is -0.467 e. The molecule has 0 fully saturated rings. The molecule has 3 rings (SSSR count). The van der Waals surface area contributed by atoms with E-state index in [0.29, 0.717) is 18.3 Å². The van der Waals surface area contributed by atoms with Gasteiger partial charge in [0, 0.05) is 26.4 Å². The molecule has 0 saturated heterocycles. The summed E-state index contributed by atoms with van der Waals surface area (Å²) in [4.78, 5) is 8.54. The minimum absolute atomic E-state index is 0.163. The molecule has 0 amide bonds. The smallest absolute Gasteiger partial charge is 0.223 e. The summed E-state index contributed by atoms with van der Waals surface area (Å²) >= 11 is 0. The Kier molecular flexibility index (Phi) is 3.34. The molecule has 104 valence electrons. The zero-order valence-electron chi connectivity index (χ0n) is 11.3. The molecule has 0 aliphatic rings. The van der Waals surface area contributed by atoms with Gasteiger partial charge in [0.15, 0.2) is 5.82 Å². The van der Waals surface area contributed by atoms with Crippen LogP contribution in [0.5, 0.6) is 0 Å². The van der Waals surface area contributed by atoms with Crippen molar-refractivity contribution in [3.8, 4) is 0 Å².